The Bertz CT molecular complexity index is 945. The summed E-state index contributed by atoms with van der Waals surface area (Å²) >= 11 is 0. The van der Waals surface area contributed by atoms with Crippen molar-refractivity contribution in [1.82, 2.24) is 9.55 Å². The fourth-order valence-corrected chi connectivity index (χ4v) is 3.95. The van der Waals surface area contributed by atoms with Crippen molar-refractivity contribution >= 4 is 5.91 Å². The van der Waals surface area contributed by atoms with Crippen LogP contribution in [0.4, 0.5) is 0 Å². The number of ether oxygens (including phenoxy) is 1. The minimum absolute atomic E-state index is 0.0232. The number of hydrogen-bond donors (Lipinski definition) is 1. The Morgan fingerprint density at radius 1 is 1.14 bits per heavy atom. The quantitative estimate of drug-likeness (QED) is 0.704. The first-order valence-electron chi connectivity index (χ1n) is 9.71. The zero-order valence-electron chi connectivity index (χ0n) is 16.0. The Balaban J connectivity index is 1.34. The summed E-state index contributed by atoms with van der Waals surface area (Å²) in [5, 5.41) is 0. The van der Waals surface area contributed by atoms with E-state index in [0.717, 1.165) is 42.1 Å². The second-order valence-electron chi connectivity index (χ2n) is 7.48. The molecule has 1 fully saturated rings. The average molecular weight is 375 g/mol. The topological polar surface area (TPSA) is 70.1 Å². The molecule has 1 heterocycles. The predicted molar refractivity (Wildman–Crippen MR) is 108 cm³/mol. The van der Waals surface area contributed by atoms with Gasteiger partial charge in [-0.2, -0.15) is 0 Å². The first-order valence-corrected chi connectivity index (χ1v) is 9.71. The highest BCUT2D eigenvalue weighted by Crippen LogP contribution is 2.38. The number of hydrogen-bond acceptors (Lipinski definition) is 3. The largest absolute Gasteiger partial charge is 0.489 e. The minimum Gasteiger partial charge on any atom is -0.489 e. The molecule has 5 nitrogen and oxygen atoms in total. The lowest BCUT2D eigenvalue weighted by molar-refractivity contribution is -0.121. The maximum atomic E-state index is 11.4. The molecule has 1 aliphatic rings. The molecule has 28 heavy (non-hydrogen) atoms. The van der Waals surface area contributed by atoms with Crippen molar-refractivity contribution in [3.05, 3.63) is 77.9 Å². The third-order valence-electron chi connectivity index (χ3n) is 5.63. The normalized spacial score (nSPS) is 18.9. The highest BCUT2D eigenvalue weighted by Gasteiger charge is 2.29. The van der Waals surface area contributed by atoms with Gasteiger partial charge in [-0.1, -0.05) is 24.3 Å². The maximum Gasteiger partial charge on any atom is 0.220 e. The highest BCUT2D eigenvalue weighted by atomic mass is 16.5. The van der Waals surface area contributed by atoms with Crippen LogP contribution in [-0.2, 0) is 11.4 Å². The number of carbonyl (C=O) groups excluding carboxylic acids is 1. The van der Waals surface area contributed by atoms with E-state index < -0.39 is 0 Å². The lowest BCUT2D eigenvalue weighted by atomic mass is 9.96. The lowest BCUT2D eigenvalue weighted by Gasteiger charge is -2.12. The van der Waals surface area contributed by atoms with Crippen LogP contribution in [0.15, 0.2) is 60.9 Å². The molecule has 2 atom stereocenters. The van der Waals surface area contributed by atoms with Crippen molar-refractivity contribution in [2.75, 3.05) is 0 Å². The van der Waals surface area contributed by atoms with Crippen molar-refractivity contribution in [2.24, 2.45) is 11.7 Å². The van der Waals surface area contributed by atoms with E-state index in [4.69, 9.17) is 10.5 Å². The zero-order chi connectivity index (χ0) is 19.5. The van der Waals surface area contributed by atoms with Gasteiger partial charge in [0.05, 0.1) is 0 Å². The second-order valence-corrected chi connectivity index (χ2v) is 7.48. The van der Waals surface area contributed by atoms with E-state index in [1.807, 2.05) is 25.3 Å². The Morgan fingerprint density at radius 3 is 2.50 bits per heavy atom. The van der Waals surface area contributed by atoms with E-state index in [1.54, 1.807) is 6.20 Å². The van der Waals surface area contributed by atoms with Crippen LogP contribution in [0.5, 0.6) is 5.75 Å². The number of nitrogens with zero attached hydrogens (tertiary/aromatic N) is 2. The summed E-state index contributed by atoms with van der Waals surface area (Å²) in [6, 6.07) is 16.5. The molecule has 1 aliphatic carbocycles. The van der Waals surface area contributed by atoms with E-state index >= 15 is 0 Å². The molecule has 4 rings (SSSR count). The number of aryl methyl sites for hydroxylation is 1. The van der Waals surface area contributed by atoms with Gasteiger partial charge in [0.1, 0.15) is 18.2 Å². The summed E-state index contributed by atoms with van der Waals surface area (Å²) in [5.74, 6) is 2.09. The van der Waals surface area contributed by atoms with Gasteiger partial charge < -0.3 is 15.0 Å². The van der Waals surface area contributed by atoms with Crippen LogP contribution >= 0.6 is 0 Å². The number of carbonyl (C=O) groups is 1. The standard InChI is InChI=1S/C23H25N3O2/c1-16-25-12-13-26(16)21-8-2-17(3-9-21)15-28-22-10-6-18(7-11-22)19-4-5-20(14-19)23(24)27/h2-3,6-13,19-20H,4-5,14-15H2,1H3,(H2,24,27). The predicted octanol–water partition coefficient (Wildman–Crippen LogP) is 4.13. The van der Waals surface area contributed by atoms with Crippen molar-refractivity contribution in [2.45, 2.75) is 38.7 Å². The van der Waals surface area contributed by atoms with Crippen LogP contribution in [0.3, 0.4) is 0 Å². The summed E-state index contributed by atoms with van der Waals surface area (Å²) in [4.78, 5) is 15.6. The van der Waals surface area contributed by atoms with Gasteiger partial charge in [0, 0.05) is 24.0 Å². The Kier molecular flexibility index (Phi) is 5.15. The van der Waals surface area contributed by atoms with Crippen LogP contribution in [0.25, 0.3) is 5.69 Å². The van der Waals surface area contributed by atoms with Gasteiger partial charge in [-0.3, -0.25) is 4.79 Å². The van der Waals surface area contributed by atoms with E-state index in [1.165, 1.54) is 5.56 Å². The summed E-state index contributed by atoms with van der Waals surface area (Å²) in [6.07, 6.45) is 6.54. The van der Waals surface area contributed by atoms with Crippen LogP contribution in [0.2, 0.25) is 0 Å². The first kappa shape index (κ1) is 18.3. The highest BCUT2D eigenvalue weighted by molar-refractivity contribution is 5.77. The first-order chi connectivity index (χ1) is 13.6. The van der Waals surface area contributed by atoms with E-state index in [-0.39, 0.29) is 11.8 Å². The molecule has 144 valence electrons. The molecule has 1 saturated carbocycles. The molecule has 3 aromatic rings. The summed E-state index contributed by atoms with van der Waals surface area (Å²) < 4.78 is 7.98. The van der Waals surface area contributed by atoms with Crippen LogP contribution in [0, 0.1) is 12.8 Å². The van der Waals surface area contributed by atoms with Crippen molar-refractivity contribution in [3.63, 3.8) is 0 Å². The van der Waals surface area contributed by atoms with E-state index in [2.05, 4.69) is 45.9 Å². The lowest BCUT2D eigenvalue weighted by Crippen LogP contribution is -2.20. The summed E-state index contributed by atoms with van der Waals surface area (Å²) in [5.41, 5.74) is 8.91. The molecule has 0 bridgehead atoms. The average Bonchev–Trinajstić information content (AvgIpc) is 3.37. The van der Waals surface area contributed by atoms with Crippen LogP contribution in [-0.4, -0.2) is 15.5 Å². The third-order valence-corrected chi connectivity index (χ3v) is 5.63. The van der Waals surface area contributed by atoms with Crippen molar-refractivity contribution < 1.29 is 9.53 Å². The van der Waals surface area contributed by atoms with E-state index in [0.29, 0.717) is 12.5 Å². The third kappa shape index (κ3) is 3.93. The van der Waals surface area contributed by atoms with Gasteiger partial charge >= 0.3 is 0 Å². The van der Waals surface area contributed by atoms with Crippen molar-refractivity contribution in [3.8, 4) is 11.4 Å². The van der Waals surface area contributed by atoms with Crippen molar-refractivity contribution in [1.29, 1.82) is 0 Å². The van der Waals surface area contributed by atoms with Gasteiger partial charge in [-0.15, -0.1) is 0 Å². The van der Waals surface area contributed by atoms with Gasteiger partial charge in [0.15, 0.2) is 0 Å². The zero-order valence-corrected chi connectivity index (χ0v) is 16.0. The maximum absolute atomic E-state index is 11.4. The SMILES string of the molecule is Cc1nccn1-c1ccc(COc2ccc(C3CCC(C(N)=O)C3)cc2)cc1. The fraction of sp³-hybridized carbons (Fsp3) is 0.304. The number of benzene rings is 2. The summed E-state index contributed by atoms with van der Waals surface area (Å²) in [7, 11) is 0. The molecule has 0 radical (unpaired) electrons. The smallest absolute Gasteiger partial charge is 0.220 e. The number of amides is 1. The molecule has 1 amide bonds. The Labute approximate surface area is 165 Å². The molecular weight excluding hydrogens is 350 g/mol. The number of rotatable bonds is 6. The number of nitrogens with two attached hydrogens (primary N) is 1. The monoisotopic (exact) mass is 375 g/mol. The molecule has 1 aromatic heterocycles. The number of imidazole rings is 1. The van der Waals surface area contributed by atoms with Crippen LogP contribution < -0.4 is 10.5 Å². The molecule has 0 spiro atoms. The molecule has 0 aliphatic heterocycles. The number of aromatic nitrogens is 2. The van der Waals surface area contributed by atoms with Gasteiger partial charge in [0.25, 0.3) is 0 Å². The molecular formula is C23H25N3O2. The summed E-state index contributed by atoms with van der Waals surface area (Å²) in [6.45, 7) is 2.51. The molecule has 0 saturated heterocycles. The minimum atomic E-state index is -0.170. The van der Waals surface area contributed by atoms with Gasteiger partial charge in [-0.05, 0) is 67.5 Å². The molecule has 2 aromatic carbocycles. The van der Waals surface area contributed by atoms with Gasteiger partial charge in [0.2, 0.25) is 5.91 Å². The van der Waals surface area contributed by atoms with Gasteiger partial charge in [-0.25, -0.2) is 4.98 Å². The van der Waals surface area contributed by atoms with E-state index in [9.17, 15) is 4.79 Å². The second kappa shape index (κ2) is 7.89. The number of primary amides is 1. The molecule has 5 heteroatoms. The molecule has 2 unspecified atom stereocenters. The Hall–Kier alpha value is -3.08. The van der Waals surface area contributed by atoms with Crippen LogP contribution in [0.1, 0.15) is 42.1 Å². The Morgan fingerprint density at radius 2 is 1.89 bits per heavy atom. The fourth-order valence-electron chi connectivity index (χ4n) is 3.95. The molecule has 2 N–H and O–H groups in total.